The van der Waals surface area contributed by atoms with E-state index in [9.17, 15) is 4.79 Å². The first kappa shape index (κ1) is 21.1. The Balaban J connectivity index is 1.85. The molecule has 0 spiro atoms. The Morgan fingerprint density at radius 1 is 0.742 bits per heavy atom. The van der Waals surface area contributed by atoms with Crippen molar-refractivity contribution < 1.29 is 4.79 Å². The van der Waals surface area contributed by atoms with E-state index < -0.39 is 0 Å². The summed E-state index contributed by atoms with van der Waals surface area (Å²) in [5, 5.41) is 0.597. The summed E-state index contributed by atoms with van der Waals surface area (Å²) in [6, 6.07) is 19.4. The summed E-state index contributed by atoms with van der Waals surface area (Å²) in [5.41, 5.74) is 7.39. The van der Waals surface area contributed by atoms with E-state index >= 15 is 0 Å². The highest BCUT2D eigenvalue weighted by atomic mass is 35.5. The van der Waals surface area contributed by atoms with Gasteiger partial charge in [0, 0.05) is 35.1 Å². The second kappa shape index (κ2) is 8.56. The molecule has 0 bridgehead atoms. The lowest BCUT2D eigenvalue weighted by Gasteiger charge is -2.27. The highest BCUT2D eigenvalue weighted by Crippen LogP contribution is 2.33. The van der Waals surface area contributed by atoms with Gasteiger partial charge in [-0.3, -0.25) is 4.79 Å². The van der Waals surface area contributed by atoms with Crippen LogP contribution in [-0.2, 0) is 0 Å². The summed E-state index contributed by atoms with van der Waals surface area (Å²) in [6.07, 6.45) is 0. The maximum absolute atomic E-state index is 13.1. The van der Waals surface area contributed by atoms with E-state index in [2.05, 4.69) is 78.9 Å². The van der Waals surface area contributed by atoms with Crippen LogP contribution in [0, 0.1) is 27.7 Å². The number of carbonyl (C=O) groups is 1. The van der Waals surface area contributed by atoms with Crippen LogP contribution in [0.15, 0.2) is 65.7 Å². The molecular weight excluding hydrogens is 406 g/mol. The molecule has 0 atom stereocenters. The molecular formula is C26H26ClN3O. The first-order valence-corrected chi connectivity index (χ1v) is 10.8. The summed E-state index contributed by atoms with van der Waals surface area (Å²) in [7, 11) is 0. The van der Waals surface area contributed by atoms with Crippen LogP contribution in [0.25, 0.3) is 0 Å². The van der Waals surface area contributed by atoms with E-state index in [1.54, 1.807) is 24.3 Å². The van der Waals surface area contributed by atoms with Gasteiger partial charge in [0.25, 0.3) is 5.91 Å². The molecule has 0 unspecified atom stereocenters. The van der Waals surface area contributed by atoms with Crippen molar-refractivity contribution in [2.75, 3.05) is 22.9 Å². The Hall–Kier alpha value is -3.11. The van der Waals surface area contributed by atoms with E-state index in [1.807, 2.05) is 0 Å². The molecule has 4 nitrogen and oxygen atoms in total. The predicted octanol–water partition coefficient (Wildman–Crippen LogP) is 6.10. The topological polar surface area (TPSA) is 35.9 Å². The smallest absolute Gasteiger partial charge is 0.280 e. The zero-order valence-corrected chi connectivity index (χ0v) is 19.1. The van der Waals surface area contributed by atoms with E-state index in [1.165, 1.54) is 0 Å². The van der Waals surface area contributed by atoms with Crippen LogP contribution >= 0.6 is 11.6 Å². The second-order valence-corrected chi connectivity index (χ2v) is 8.44. The summed E-state index contributed by atoms with van der Waals surface area (Å²) in [5.74, 6) is 0.385. The Morgan fingerprint density at radius 2 is 1.16 bits per heavy atom. The zero-order valence-electron chi connectivity index (χ0n) is 18.3. The highest BCUT2D eigenvalue weighted by Gasteiger charge is 2.32. The van der Waals surface area contributed by atoms with Crippen LogP contribution in [-0.4, -0.2) is 25.0 Å². The van der Waals surface area contributed by atoms with Gasteiger partial charge in [0.1, 0.15) is 0 Å². The van der Waals surface area contributed by atoms with Crippen molar-refractivity contribution in [3.63, 3.8) is 0 Å². The third kappa shape index (κ3) is 4.08. The molecule has 0 saturated carbocycles. The molecule has 0 N–H and O–H groups in total. The molecule has 3 aromatic rings. The number of nitrogens with zero attached hydrogens (tertiary/aromatic N) is 3. The van der Waals surface area contributed by atoms with Crippen molar-refractivity contribution in [2.45, 2.75) is 27.7 Å². The van der Waals surface area contributed by atoms with Gasteiger partial charge in [-0.05, 0) is 74.2 Å². The van der Waals surface area contributed by atoms with Gasteiger partial charge >= 0.3 is 0 Å². The number of guanidine groups is 1. The minimum absolute atomic E-state index is 0.277. The van der Waals surface area contributed by atoms with E-state index in [0.717, 1.165) is 46.7 Å². The largest absolute Gasteiger partial charge is 0.310 e. The van der Waals surface area contributed by atoms with Gasteiger partial charge in [0.2, 0.25) is 5.96 Å². The maximum atomic E-state index is 13.1. The predicted molar refractivity (Wildman–Crippen MR) is 130 cm³/mol. The number of rotatable bonds is 3. The quantitative estimate of drug-likeness (QED) is 0.502. The Kier molecular flexibility index (Phi) is 5.84. The zero-order chi connectivity index (χ0) is 22.1. The third-order valence-corrected chi connectivity index (χ3v) is 5.99. The van der Waals surface area contributed by atoms with Crippen LogP contribution in [0.3, 0.4) is 0 Å². The number of para-hydroxylation sites is 2. The molecule has 1 heterocycles. The number of hydrogen-bond acceptors (Lipinski definition) is 1. The van der Waals surface area contributed by atoms with E-state index in [0.29, 0.717) is 16.5 Å². The Morgan fingerprint density at radius 3 is 1.58 bits per heavy atom. The van der Waals surface area contributed by atoms with Gasteiger partial charge in [0.15, 0.2) is 0 Å². The number of amides is 1. The van der Waals surface area contributed by atoms with Gasteiger partial charge < -0.3 is 9.80 Å². The number of aliphatic imine (C=N–C) groups is 1. The SMILES string of the molecule is Cc1cccc(C)c1N1CCN(c2c(C)cccc2C)C1=NC(=O)c1ccc(Cl)cc1. The van der Waals surface area contributed by atoms with Crippen LogP contribution in [0.1, 0.15) is 32.6 Å². The summed E-state index contributed by atoms with van der Waals surface area (Å²) < 4.78 is 0. The van der Waals surface area contributed by atoms with Crippen LogP contribution in [0.4, 0.5) is 11.4 Å². The highest BCUT2D eigenvalue weighted by molar-refractivity contribution is 6.30. The number of anilines is 2. The number of carbonyl (C=O) groups excluding carboxylic acids is 1. The number of benzene rings is 3. The normalized spacial score (nSPS) is 13.6. The first-order valence-electron chi connectivity index (χ1n) is 10.4. The molecule has 1 saturated heterocycles. The van der Waals surface area contributed by atoms with Crippen molar-refractivity contribution in [3.8, 4) is 0 Å². The van der Waals surface area contributed by atoms with E-state index in [-0.39, 0.29) is 5.91 Å². The first-order chi connectivity index (χ1) is 14.9. The lowest BCUT2D eigenvalue weighted by atomic mass is 10.1. The molecule has 0 aliphatic carbocycles. The molecule has 0 aromatic heterocycles. The minimum atomic E-state index is -0.277. The fourth-order valence-electron chi connectivity index (χ4n) is 4.30. The monoisotopic (exact) mass is 431 g/mol. The average molecular weight is 432 g/mol. The number of aryl methyl sites for hydroxylation is 4. The van der Waals surface area contributed by atoms with Gasteiger partial charge in [-0.15, -0.1) is 0 Å². The number of hydrogen-bond donors (Lipinski definition) is 0. The number of halogens is 1. The standard InChI is InChI=1S/C26H26ClN3O/c1-17-7-5-8-18(2)23(17)29-15-16-30(24-19(3)9-6-10-20(24)4)26(29)28-25(31)21-11-13-22(27)14-12-21/h5-14H,15-16H2,1-4H3. The average Bonchev–Trinajstić information content (AvgIpc) is 3.11. The van der Waals surface area contributed by atoms with Crippen LogP contribution in [0.2, 0.25) is 5.02 Å². The van der Waals surface area contributed by atoms with Crippen LogP contribution < -0.4 is 9.80 Å². The lowest BCUT2D eigenvalue weighted by molar-refractivity contribution is 0.100. The molecule has 1 fully saturated rings. The van der Waals surface area contributed by atoms with Gasteiger partial charge in [-0.2, -0.15) is 4.99 Å². The summed E-state index contributed by atoms with van der Waals surface area (Å²) >= 11 is 6.00. The van der Waals surface area contributed by atoms with Crippen molar-refractivity contribution in [1.82, 2.24) is 0 Å². The van der Waals surface area contributed by atoms with Gasteiger partial charge in [0.05, 0.1) is 0 Å². The molecule has 0 radical (unpaired) electrons. The molecule has 1 aliphatic heterocycles. The molecule has 158 valence electrons. The summed E-state index contributed by atoms with van der Waals surface area (Å²) in [6.45, 7) is 9.91. The fraction of sp³-hybridized carbons (Fsp3) is 0.231. The van der Waals surface area contributed by atoms with Crippen molar-refractivity contribution in [2.24, 2.45) is 4.99 Å². The van der Waals surface area contributed by atoms with E-state index in [4.69, 9.17) is 11.6 Å². The second-order valence-electron chi connectivity index (χ2n) is 8.01. The summed E-state index contributed by atoms with van der Waals surface area (Å²) in [4.78, 5) is 22.1. The van der Waals surface area contributed by atoms with Crippen molar-refractivity contribution in [1.29, 1.82) is 0 Å². The molecule has 1 aliphatic rings. The Bertz CT molecular complexity index is 1070. The van der Waals surface area contributed by atoms with Crippen LogP contribution in [0.5, 0.6) is 0 Å². The fourth-order valence-corrected chi connectivity index (χ4v) is 4.43. The van der Waals surface area contributed by atoms with Crippen molar-refractivity contribution >= 4 is 34.8 Å². The van der Waals surface area contributed by atoms with Gasteiger partial charge in [-0.25, -0.2) is 0 Å². The van der Waals surface area contributed by atoms with Gasteiger partial charge in [-0.1, -0.05) is 48.0 Å². The molecule has 4 rings (SSSR count). The third-order valence-electron chi connectivity index (χ3n) is 5.74. The molecule has 3 aromatic carbocycles. The minimum Gasteiger partial charge on any atom is -0.310 e. The molecule has 1 amide bonds. The molecule has 31 heavy (non-hydrogen) atoms. The van der Waals surface area contributed by atoms with Crippen molar-refractivity contribution in [3.05, 3.63) is 93.5 Å². The lowest BCUT2D eigenvalue weighted by Crippen LogP contribution is -2.36. The maximum Gasteiger partial charge on any atom is 0.280 e. The Labute approximate surface area is 188 Å². The molecule has 5 heteroatoms.